The highest BCUT2D eigenvalue weighted by atomic mass is 19.1. The van der Waals surface area contributed by atoms with E-state index in [0.717, 1.165) is 30.6 Å². The Morgan fingerprint density at radius 3 is 2.84 bits per heavy atom. The van der Waals surface area contributed by atoms with Crippen molar-refractivity contribution in [2.75, 3.05) is 39.4 Å². The van der Waals surface area contributed by atoms with Crippen LogP contribution in [0, 0.1) is 12.7 Å². The molecule has 0 saturated carbocycles. The number of hydrogen-bond acceptors (Lipinski definition) is 3. The third kappa shape index (κ3) is 5.42. The minimum Gasteiger partial charge on any atom is -0.379 e. The molecule has 1 fully saturated rings. The number of hydrogen-bond donors (Lipinski definition) is 3. The van der Waals surface area contributed by atoms with Gasteiger partial charge in [-0.15, -0.1) is 0 Å². The predicted molar refractivity (Wildman–Crippen MR) is 120 cm³/mol. The number of aromatic amines is 1. The molecule has 0 radical (unpaired) electrons. The predicted octanol–water partition coefficient (Wildman–Crippen LogP) is 3.53. The Hall–Kier alpha value is -2.90. The molecular formula is C24H29FN4O2. The summed E-state index contributed by atoms with van der Waals surface area (Å²) < 4.78 is 19.2. The van der Waals surface area contributed by atoms with E-state index in [4.69, 9.17) is 4.74 Å². The highest BCUT2D eigenvalue weighted by Crippen LogP contribution is 2.22. The molecule has 3 aromatic rings. The quantitative estimate of drug-likeness (QED) is 0.544. The van der Waals surface area contributed by atoms with Gasteiger partial charge in [-0.05, 0) is 48.2 Å². The van der Waals surface area contributed by atoms with Crippen LogP contribution in [0.15, 0.2) is 48.7 Å². The Balaban J connectivity index is 1.32. The molecule has 31 heavy (non-hydrogen) atoms. The molecule has 1 aliphatic heterocycles. The second-order valence-corrected chi connectivity index (χ2v) is 7.97. The fourth-order valence-corrected chi connectivity index (χ4v) is 4.13. The maximum atomic E-state index is 13.8. The summed E-state index contributed by atoms with van der Waals surface area (Å²) in [6, 6.07) is 12.6. The highest BCUT2D eigenvalue weighted by molar-refractivity contribution is 5.83. The van der Waals surface area contributed by atoms with E-state index in [1.807, 2.05) is 12.3 Å². The monoisotopic (exact) mass is 424 g/mol. The van der Waals surface area contributed by atoms with Crippen LogP contribution < -0.4 is 10.6 Å². The van der Waals surface area contributed by atoms with Crippen LogP contribution in [0.4, 0.5) is 9.18 Å². The number of aromatic nitrogens is 1. The first kappa shape index (κ1) is 21.3. The van der Waals surface area contributed by atoms with Crippen LogP contribution in [0.5, 0.6) is 0 Å². The zero-order chi connectivity index (χ0) is 21.6. The lowest BCUT2D eigenvalue weighted by Gasteiger charge is -2.35. The van der Waals surface area contributed by atoms with Crippen LogP contribution in [0.3, 0.4) is 0 Å². The number of ether oxygens (including phenoxy) is 1. The number of rotatable bonds is 7. The Morgan fingerprint density at radius 2 is 2.03 bits per heavy atom. The third-order valence-corrected chi connectivity index (χ3v) is 5.78. The number of morpholine rings is 1. The van der Waals surface area contributed by atoms with E-state index in [9.17, 15) is 9.18 Å². The summed E-state index contributed by atoms with van der Waals surface area (Å²) in [6.45, 7) is 5.80. The fourth-order valence-electron chi connectivity index (χ4n) is 4.13. The number of nitrogens with zero attached hydrogens (tertiary/aromatic N) is 1. The molecule has 1 saturated heterocycles. The van der Waals surface area contributed by atoms with Gasteiger partial charge in [0.1, 0.15) is 5.82 Å². The van der Waals surface area contributed by atoms with Crippen LogP contribution >= 0.6 is 0 Å². The molecule has 0 bridgehead atoms. The van der Waals surface area contributed by atoms with E-state index < -0.39 is 0 Å². The second kappa shape index (κ2) is 9.94. The summed E-state index contributed by atoms with van der Waals surface area (Å²) >= 11 is 0. The zero-order valence-corrected chi connectivity index (χ0v) is 17.8. The van der Waals surface area contributed by atoms with E-state index in [2.05, 4.69) is 45.6 Å². The summed E-state index contributed by atoms with van der Waals surface area (Å²) in [5, 5.41) is 7.08. The van der Waals surface area contributed by atoms with Gasteiger partial charge in [-0.1, -0.05) is 24.3 Å². The van der Waals surface area contributed by atoms with Crippen molar-refractivity contribution in [2.45, 2.75) is 19.4 Å². The number of aryl methyl sites for hydroxylation is 1. The maximum Gasteiger partial charge on any atom is 0.314 e. The summed E-state index contributed by atoms with van der Waals surface area (Å²) in [4.78, 5) is 17.9. The average molecular weight is 425 g/mol. The first-order valence-electron chi connectivity index (χ1n) is 10.8. The number of amides is 2. The van der Waals surface area contributed by atoms with Gasteiger partial charge in [-0.3, -0.25) is 4.90 Å². The van der Waals surface area contributed by atoms with Gasteiger partial charge in [0.25, 0.3) is 0 Å². The molecule has 4 rings (SSSR count). The van der Waals surface area contributed by atoms with Crippen molar-refractivity contribution in [3.05, 3.63) is 71.2 Å². The Kier molecular flexibility index (Phi) is 6.84. The normalized spacial score (nSPS) is 15.7. The minimum atomic E-state index is -0.269. The second-order valence-electron chi connectivity index (χ2n) is 7.97. The van der Waals surface area contributed by atoms with Crippen LogP contribution in [-0.2, 0) is 11.2 Å². The molecular weight excluding hydrogens is 395 g/mol. The summed E-state index contributed by atoms with van der Waals surface area (Å²) in [5.41, 5.74) is 4.37. The standard InChI is InChI=1S/C24H29FN4O2/c1-17-5-6-21-19(15-27-22(21)13-17)7-8-26-24(30)28-16-23(29-9-11-31-12-10-29)18-3-2-4-20(25)14-18/h2-6,13-15,23,27H,7-12,16H2,1H3,(H2,26,28,30). The number of nitrogens with one attached hydrogen (secondary N) is 3. The van der Waals surface area contributed by atoms with Crippen molar-refractivity contribution in [1.29, 1.82) is 0 Å². The molecule has 0 aliphatic carbocycles. The van der Waals surface area contributed by atoms with Crippen molar-refractivity contribution in [2.24, 2.45) is 0 Å². The molecule has 1 unspecified atom stereocenters. The molecule has 0 spiro atoms. The number of fused-ring (bicyclic) bond motifs is 1. The Morgan fingerprint density at radius 1 is 1.19 bits per heavy atom. The van der Waals surface area contributed by atoms with Crippen molar-refractivity contribution in [3.63, 3.8) is 0 Å². The van der Waals surface area contributed by atoms with E-state index >= 15 is 0 Å². The topological polar surface area (TPSA) is 69.4 Å². The lowest BCUT2D eigenvalue weighted by atomic mass is 10.0. The van der Waals surface area contributed by atoms with Gasteiger partial charge >= 0.3 is 6.03 Å². The van der Waals surface area contributed by atoms with Crippen LogP contribution in [0.2, 0.25) is 0 Å². The lowest BCUT2D eigenvalue weighted by molar-refractivity contribution is 0.0166. The van der Waals surface area contributed by atoms with Gasteiger partial charge in [-0.25, -0.2) is 9.18 Å². The lowest BCUT2D eigenvalue weighted by Crippen LogP contribution is -2.46. The van der Waals surface area contributed by atoms with Crippen molar-refractivity contribution in [3.8, 4) is 0 Å². The van der Waals surface area contributed by atoms with Crippen molar-refractivity contribution >= 4 is 16.9 Å². The number of carbonyl (C=O) groups excluding carboxylic acids is 1. The molecule has 6 nitrogen and oxygen atoms in total. The van der Waals surface area contributed by atoms with Gasteiger partial charge in [-0.2, -0.15) is 0 Å². The largest absolute Gasteiger partial charge is 0.379 e. The van der Waals surface area contributed by atoms with Crippen LogP contribution in [0.25, 0.3) is 10.9 Å². The van der Waals surface area contributed by atoms with Crippen LogP contribution in [-0.4, -0.2) is 55.3 Å². The Labute approximate surface area is 181 Å². The van der Waals surface area contributed by atoms with Crippen LogP contribution in [0.1, 0.15) is 22.7 Å². The van der Waals surface area contributed by atoms with E-state index in [1.54, 1.807) is 12.1 Å². The molecule has 3 N–H and O–H groups in total. The molecule has 7 heteroatoms. The first-order valence-corrected chi connectivity index (χ1v) is 10.8. The fraction of sp³-hybridized carbons (Fsp3) is 0.375. The molecule has 2 heterocycles. The number of halogens is 1. The number of carbonyl (C=O) groups is 1. The molecule has 2 aromatic carbocycles. The van der Waals surface area contributed by atoms with E-state index in [0.29, 0.717) is 26.3 Å². The maximum absolute atomic E-state index is 13.8. The summed E-state index contributed by atoms with van der Waals surface area (Å²) in [5.74, 6) is -0.269. The van der Waals surface area contributed by atoms with Gasteiger partial charge < -0.3 is 20.4 Å². The van der Waals surface area contributed by atoms with Gasteiger partial charge in [0, 0.05) is 43.3 Å². The molecule has 164 valence electrons. The van der Waals surface area contributed by atoms with Crippen molar-refractivity contribution in [1.82, 2.24) is 20.5 Å². The van der Waals surface area contributed by atoms with Gasteiger partial charge in [0.05, 0.1) is 19.3 Å². The van der Waals surface area contributed by atoms with Crippen molar-refractivity contribution < 1.29 is 13.9 Å². The molecule has 1 aromatic heterocycles. The van der Waals surface area contributed by atoms with E-state index in [1.165, 1.54) is 22.6 Å². The SMILES string of the molecule is Cc1ccc2c(CCNC(=O)NCC(c3cccc(F)c3)N3CCOCC3)c[nH]c2c1. The molecule has 2 amide bonds. The van der Waals surface area contributed by atoms with Gasteiger partial charge in [0.2, 0.25) is 0 Å². The highest BCUT2D eigenvalue weighted by Gasteiger charge is 2.23. The first-order chi connectivity index (χ1) is 15.1. The number of urea groups is 1. The number of H-pyrrole nitrogens is 1. The smallest absolute Gasteiger partial charge is 0.314 e. The Bertz CT molecular complexity index is 1030. The van der Waals surface area contributed by atoms with E-state index in [-0.39, 0.29) is 17.9 Å². The molecule has 1 atom stereocenters. The zero-order valence-electron chi connectivity index (χ0n) is 17.8. The summed E-state index contributed by atoms with van der Waals surface area (Å²) in [6.07, 6.45) is 2.75. The average Bonchev–Trinajstić information content (AvgIpc) is 3.16. The number of benzene rings is 2. The van der Waals surface area contributed by atoms with Gasteiger partial charge in [0.15, 0.2) is 0 Å². The molecule has 1 aliphatic rings. The summed E-state index contributed by atoms with van der Waals surface area (Å²) in [7, 11) is 0. The third-order valence-electron chi connectivity index (χ3n) is 5.78. The minimum absolute atomic E-state index is 0.0952.